The third-order valence-electron chi connectivity index (χ3n) is 2.57. The van der Waals surface area contributed by atoms with Gasteiger partial charge in [-0.2, -0.15) is 0 Å². The predicted octanol–water partition coefficient (Wildman–Crippen LogP) is 2.63. The van der Waals surface area contributed by atoms with Crippen LogP contribution < -0.4 is 10.1 Å². The van der Waals surface area contributed by atoms with Gasteiger partial charge in [-0.05, 0) is 45.0 Å². The fourth-order valence-electron chi connectivity index (χ4n) is 1.52. The molecule has 0 bridgehead atoms. The molecule has 0 radical (unpaired) electrons. The van der Waals surface area contributed by atoms with E-state index in [1.54, 1.807) is 7.11 Å². The highest BCUT2D eigenvalue weighted by Gasteiger charge is 2.13. The van der Waals surface area contributed by atoms with E-state index in [1.165, 1.54) is 0 Å². The summed E-state index contributed by atoms with van der Waals surface area (Å²) in [6, 6.07) is 7.53. The van der Waals surface area contributed by atoms with Crippen LogP contribution in [0.15, 0.2) is 28.7 Å². The largest absolute Gasteiger partial charge is 0.497 e. The van der Waals surface area contributed by atoms with Crippen molar-refractivity contribution >= 4 is 0 Å². The van der Waals surface area contributed by atoms with E-state index in [1.807, 2.05) is 24.3 Å². The van der Waals surface area contributed by atoms with E-state index in [4.69, 9.17) is 9.15 Å². The van der Waals surface area contributed by atoms with Gasteiger partial charge in [0.25, 0.3) is 0 Å². The van der Waals surface area contributed by atoms with Crippen molar-refractivity contribution in [2.75, 3.05) is 7.11 Å². The van der Waals surface area contributed by atoms with Gasteiger partial charge in [0.1, 0.15) is 5.75 Å². The lowest BCUT2D eigenvalue weighted by Crippen LogP contribution is -2.35. The summed E-state index contributed by atoms with van der Waals surface area (Å²) in [6.45, 7) is 6.84. The van der Waals surface area contributed by atoms with Crippen LogP contribution in [0.3, 0.4) is 0 Å². The van der Waals surface area contributed by atoms with Crippen LogP contribution in [-0.4, -0.2) is 22.8 Å². The quantitative estimate of drug-likeness (QED) is 0.916. The van der Waals surface area contributed by atoms with Gasteiger partial charge in [0.15, 0.2) is 0 Å². The first-order valence-electron chi connectivity index (χ1n) is 6.20. The van der Waals surface area contributed by atoms with Gasteiger partial charge < -0.3 is 14.5 Å². The third kappa shape index (κ3) is 3.79. The number of nitrogens with one attached hydrogen (secondary N) is 1. The summed E-state index contributed by atoms with van der Waals surface area (Å²) in [5, 5.41) is 11.4. The molecule has 0 amide bonds. The fourth-order valence-corrected chi connectivity index (χ4v) is 1.52. The molecule has 1 heterocycles. The normalized spacial score (nSPS) is 11.6. The Balaban J connectivity index is 2.07. The molecule has 2 aromatic rings. The summed E-state index contributed by atoms with van der Waals surface area (Å²) in [5.41, 5.74) is 0.907. The van der Waals surface area contributed by atoms with Crippen molar-refractivity contribution in [1.82, 2.24) is 15.5 Å². The van der Waals surface area contributed by atoms with Crippen LogP contribution in [0, 0.1) is 0 Å². The maximum absolute atomic E-state index is 5.61. The minimum Gasteiger partial charge on any atom is -0.497 e. The van der Waals surface area contributed by atoms with Crippen molar-refractivity contribution in [3.05, 3.63) is 30.2 Å². The minimum absolute atomic E-state index is 0.0226. The monoisotopic (exact) mass is 261 g/mol. The SMILES string of the molecule is COc1ccc(-c2nnc(CNC(C)(C)C)o2)cc1. The number of hydrogen-bond donors (Lipinski definition) is 1. The second-order valence-electron chi connectivity index (χ2n) is 5.33. The van der Waals surface area contributed by atoms with Crippen molar-refractivity contribution in [3.63, 3.8) is 0 Å². The highest BCUT2D eigenvalue weighted by atomic mass is 16.5. The number of hydrogen-bond acceptors (Lipinski definition) is 5. The Labute approximate surface area is 113 Å². The molecule has 0 saturated carbocycles. The van der Waals surface area contributed by atoms with E-state index in [2.05, 4.69) is 36.3 Å². The molecule has 5 heteroatoms. The summed E-state index contributed by atoms with van der Waals surface area (Å²) in [6.07, 6.45) is 0. The summed E-state index contributed by atoms with van der Waals surface area (Å²) in [7, 11) is 1.64. The zero-order valence-electron chi connectivity index (χ0n) is 11.7. The highest BCUT2D eigenvalue weighted by molar-refractivity contribution is 5.53. The zero-order valence-corrected chi connectivity index (χ0v) is 11.7. The number of methoxy groups -OCH3 is 1. The maximum atomic E-state index is 5.61. The molecule has 0 aliphatic carbocycles. The molecule has 0 spiro atoms. The molecular weight excluding hydrogens is 242 g/mol. The van der Waals surface area contributed by atoms with Gasteiger partial charge >= 0.3 is 0 Å². The Kier molecular flexibility index (Phi) is 3.85. The van der Waals surface area contributed by atoms with Crippen LogP contribution in [0.1, 0.15) is 26.7 Å². The Morgan fingerprint density at radius 3 is 2.42 bits per heavy atom. The van der Waals surface area contributed by atoms with E-state index >= 15 is 0 Å². The average Bonchev–Trinajstić information content (AvgIpc) is 2.84. The Morgan fingerprint density at radius 2 is 1.84 bits per heavy atom. The van der Waals surface area contributed by atoms with Gasteiger partial charge in [-0.1, -0.05) is 0 Å². The molecule has 102 valence electrons. The van der Waals surface area contributed by atoms with Crippen LogP contribution >= 0.6 is 0 Å². The predicted molar refractivity (Wildman–Crippen MR) is 72.9 cm³/mol. The number of aromatic nitrogens is 2. The second kappa shape index (κ2) is 5.40. The molecule has 0 aliphatic heterocycles. The number of rotatable bonds is 4. The van der Waals surface area contributed by atoms with Crippen LogP contribution in [0.5, 0.6) is 5.75 Å². The average molecular weight is 261 g/mol. The van der Waals surface area contributed by atoms with E-state index in [9.17, 15) is 0 Å². The molecule has 0 atom stereocenters. The molecule has 1 N–H and O–H groups in total. The zero-order chi connectivity index (χ0) is 13.9. The lowest BCUT2D eigenvalue weighted by Gasteiger charge is -2.18. The number of benzene rings is 1. The first-order valence-corrected chi connectivity index (χ1v) is 6.20. The van der Waals surface area contributed by atoms with Gasteiger partial charge in [-0.15, -0.1) is 10.2 Å². The molecule has 2 rings (SSSR count). The van der Waals surface area contributed by atoms with Gasteiger partial charge in [0, 0.05) is 11.1 Å². The van der Waals surface area contributed by atoms with Gasteiger partial charge in [-0.3, -0.25) is 0 Å². The fraction of sp³-hybridized carbons (Fsp3) is 0.429. The topological polar surface area (TPSA) is 60.2 Å². The van der Waals surface area contributed by atoms with Crippen LogP contribution in [0.2, 0.25) is 0 Å². The van der Waals surface area contributed by atoms with Crippen LogP contribution in [0.25, 0.3) is 11.5 Å². The van der Waals surface area contributed by atoms with Gasteiger partial charge in [0.2, 0.25) is 11.8 Å². The Hall–Kier alpha value is -1.88. The molecule has 0 fully saturated rings. The summed E-state index contributed by atoms with van der Waals surface area (Å²) < 4.78 is 10.7. The first kappa shape index (κ1) is 13.5. The standard InChI is InChI=1S/C14H19N3O2/c1-14(2,3)15-9-12-16-17-13(19-12)10-5-7-11(18-4)8-6-10/h5-8,15H,9H2,1-4H3. The second-order valence-corrected chi connectivity index (χ2v) is 5.33. The number of nitrogens with zero attached hydrogens (tertiary/aromatic N) is 2. The molecular formula is C14H19N3O2. The smallest absolute Gasteiger partial charge is 0.247 e. The van der Waals surface area contributed by atoms with Crippen molar-refractivity contribution in [3.8, 4) is 17.2 Å². The lowest BCUT2D eigenvalue weighted by molar-refractivity contribution is 0.383. The van der Waals surface area contributed by atoms with E-state index in [0.717, 1.165) is 11.3 Å². The maximum Gasteiger partial charge on any atom is 0.247 e. The van der Waals surface area contributed by atoms with Crippen LogP contribution in [0.4, 0.5) is 0 Å². The molecule has 1 aromatic heterocycles. The first-order chi connectivity index (χ1) is 8.98. The summed E-state index contributed by atoms with van der Waals surface area (Å²) in [5.74, 6) is 1.91. The van der Waals surface area contributed by atoms with E-state index in [0.29, 0.717) is 18.3 Å². The van der Waals surface area contributed by atoms with Crippen molar-refractivity contribution < 1.29 is 9.15 Å². The lowest BCUT2D eigenvalue weighted by atomic mass is 10.1. The van der Waals surface area contributed by atoms with E-state index in [-0.39, 0.29) is 5.54 Å². The summed E-state index contributed by atoms with van der Waals surface area (Å²) in [4.78, 5) is 0. The van der Waals surface area contributed by atoms with Crippen molar-refractivity contribution in [2.24, 2.45) is 0 Å². The van der Waals surface area contributed by atoms with Crippen molar-refractivity contribution in [2.45, 2.75) is 32.9 Å². The summed E-state index contributed by atoms with van der Waals surface area (Å²) >= 11 is 0. The molecule has 1 aromatic carbocycles. The van der Waals surface area contributed by atoms with Gasteiger partial charge in [-0.25, -0.2) is 0 Å². The highest BCUT2D eigenvalue weighted by Crippen LogP contribution is 2.21. The van der Waals surface area contributed by atoms with Gasteiger partial charge in [0.05, 0.1) is 13.7 Å². The number of ether oxygens (including phenoxy) is 1. The Morgan fingerprint density at radius 1 is 1.16 bits per heavy atom. The molecule has 19 heavy (non-hydrogen) atoms. The third-order valence-corrected chi connectivity index (χ3v) is 2.57. The van der Waals surface area contributed by atoms with Crippen molar-refractivity contribution in [1.29, 1.82) is 0 Å². The minimum atomic E-state index is 0.0226. The molecule has 0 aliphatic rings. The van der Waals surface area contributed by atoms with Crippen LogP contribution in [-0.2, 0) is 6.54 Å². The molecule has 0 unspecified atom stereocenters. The van der Waals surface area contributed by atoms with E-state index < -0.39 is 0 Å². The molecule has 0 saturated heterocycles. The molecule has 5 nitrogen and oxygen atoms in total. The Bertz CT molecular complexity index is 526.